The average molecular weight is 345 g/mol. The molecule has 1 aromatic rings. The highest BCUT2D eigenvalue weighted by Crippen LogP contribution is 2.37. The average Bonchev–Trinajstić information content (AvgIpc) is 3.10. The molecule has 3 N–H and O–H groups in total. The van der Waals surface area contributed by atoms with Crippen LogP contribution in [0.5, 0.6) is 0 Å². The Morgan fingerprint density at radius 2 is 2.05 bits per heavy atom. The molecule has 7 nitrogen and oxygen atoms in total. The molecule has 1 aliphatic rings. The first-order valence-electron chi connectivity index (χ1n) is 6.01. The highest BCUT2D eigenvalue weighted by atomic mass is 79.9. The summed E-state index contributed by atoms with van der Waals surface area (Å²) in [7, 11) is 0. The summed E-state index contributed by atoms with van der Waals surface area (Å²) in [6, 6.07) is 0.402. The number of nitrogens with one attached hydrogen (secondary N) is 1. The molecule has 1 saturated carbocycles. The second kappa shape index (κ2) is 5.66. The maximum atomic E-state index is 12.1. The summed E-state index contributed by atoms with van der Waals surface area (Å²) in [6.07, 6.45) is 3.05. The van der Waals surface area contributed by atoms with Crippen LogP contribution in [-0.2, 0) is 9.59 Å². The standard InChI is InChI=1S/C12H13BrN2O5/c13-6-3-9(15(5-6)7-1-2-7)11(18)14-8(12(19)20)4-10(16)17/h3,5,7-8H,1-2,4H2,(H,14,18)(H,16,17)(H,19,20)/t8-/m1/s1. The summed E-state index contributed by atoms with van der Waals surface area (Å²) < 4.78 is 2.50. The molecule has 1 amide bonds. The van der Waals surface area contributed by atoms with Gasteiger partial charge in [-0.25, -0.2) is 4.79 Å². The van der Waals surface area contributed by atoms with Gasteiger partial charge in [0, 0.05) is 16.7 Å². The second-order valence-electron chi connectivity index (χ2n) is 4.64. The van der Waals surface area contributed by atoms with Crippen LogP contribution in [0.25, 0.3) is 0 Å². The van der Waals surface area contributed by atoms with Crippen molar-refractivity contribution in [3.63, 3.8) is 0 Å². The number of halogens is 1. The number of rotatable bonds is 6. The Morgan fingerprint density at radius 1 is 1.40 bits per heavy atom. The quantitative estimate of drug-likeness (QED) is 0.719. The van der Waals surface area contributed by atoms with Crippen LogP contribution in [0.4, 0.5) is 0 Å². The van der Waals surface area contributed by atoms with E-state index >= 15 is 0 Å². The summed E-state index contributed by atoms with van der Waals surface area (Å²) in [5.74, 6) is -3.24. The Bertz CT molecular complexity index is 564. The third-order valence-electron chi connectivity index (χ3n) is 2.97. The normalized spacial score (nSPS) is 15.7. The molecule has 0 aliphatic heterocycles. The number of hydrogen-bond donors (Lipinski definition) is 3. The van der Waals surface area contributed by atoms with E-state index in [1.54, 1.807) is 16.8 Å². The Kier molecular flexibility index (Phi) is 4.12. The number of carbonyl (C=O) groups excluding carboxylic acids is 1. The lowest BCUT2D eigenvalue weighted by Crippen LogP contribution is -2.42. The fourth-order valence-electron chi connectivity index (χ4n) is 1.89. The molecular weight excluding hydrogens is 332 g/mol. The van der Waals surface area contributed by atoms with E-state index in [0.29, 0.717) is 5.69 Å². The SMILES string of the molecule is O=C(O)C[C@@H](NC(=O)c1cc(Br)cn1C1CC1)C(=O)O. The maximum Gasteiger partial charge on any atom is 0.326 e. The molecule has 0 bridgehead atoms. The fourth-order valence-corrected chi connectivity index (χ4v) is 2.33. The van der Waals surface area contributed by atoms with Gasteiger partial charge in [0.05, 0.1) is 6.42 Å². The van der Waals surface area contributed by atoms with Crippen LogP contribution in [0.15, 0.2) is 16.7 Å². The molecule has 0 spiro atoms. The molecule has 8 heteroatoms. The monoisotopic (exact) mass is 344 g/mol. The van der Waals surface area contributed by atoms with E-state index in [0.717, 1.165) is 17.3 Å². The molecule has 20 heavy (non-hydrogen) atoms. The third-order valence-corrected chi connectivity index (χ3v) is 3.40. The van der Waals surface area contributed by atoms with E-state index in [2.05, 4.69) is 21.2 Å². The molecule has 1 fully saturated rings. The smallest absolute Gasteiger partial charge is 0.326 e. The van der Waals surface area contributed by atoms with Gasteiger partial charge in [-0.2, -0.15) is 0 Å². The van der Waals surface area contributed by atoms with Crippen molar-refractivity contribution in [1.82, 2.24) is 9.88 Å². The van der Waals surface area contributed by atoms with Crippen LogP contribution in [0.2, 0.25) is 0 Å². The third kappa shape index (κ3) is 3.38. The Labute approximate surface area is 122 Å². The lowest BCUT2D eigenvalue weighted by atomic mass is 10.2. The van der Waals surface area contributed by atoms with Gasteiger partial charge in [0.25, 0.3) is 5.91 Å². The van der Waals surface area contributed by atoms with E-state index in [1.807, 2.05) is 0 Å². The van der Waals surface area contributed by atoms with E-state index < -0.39 is 30.3 Å². The van der Waals surface area contributed by atoms with Gasteiger partial charge in [0.15, 0.2) is 0 Å². The number of aliphatic carboxylic acids is 2. The number of nitrogens with zero attached hydrogens (tertiary/aromatic N) is 1. The topological polar surface area (TPSA) is 109 Å². The van der Waals surface area contributed by atoms with Crippen LogP contribution in [-0.4, -0.2) is 38.7 Å². The number of carboxylic acid groups (broad SMARTS) is 2. The Balaban J connectivity index is 2.14. The summed E-state index contributed by atoms with van der Waals surface area (Å²) >= 11 is 3.27. The summed E-state index contributed by atoms with van der Waals surface area (Å²) in [4.78, 5) is 33.6. The van der Waals surface area contributed by atoms with Crippen molar-refractivity contribution in [2.24, 2.45) is 0 Å². The van der Waals surface area contributed by atoms with Crippen molar-refractivity contribution in [1.29, 1.82) is 0 Å². The lowest BCUT2D eigenvalue weighted by Gasteiger charge is -2.13. The van der Waals surface area contributed by atoms with Crippen molar-refractivity contribution >= 4 is 33.8 Å². The van der Waals surface area contributed by atoms with Crippen LogP contribution < -0.4 is 5.32 Å². The van der Waals surface area contributed by atoms with Crippen molar-refractivity contribution in [3.05, 3.63) is 22.4 Å². The van der Waals surface area contributed by atoms with Crippen LogP contribution in [0.1, 0.15) is 35.8 Å². The molecule has 0 saturated heterocycles. The predicted molar refractivity (Wildman–Crippen MR) is 71.5 cm³/mol. The lowest BCUT2D eigenvalue weighted by molar-refractivity contribution is -0.145. The van der Waals surface area contributed by atoms with E-state index in [-0.39, 0.29) is 6.04 Å². The first-order chi connectivity index (χ1) is 9.38. The molecule has 1 atom stereocenters. The molecular formula is C12H13BrN2O5. The van der Waals surface area contributed by atoms with Crippen molar-refractivity contribution < 1.29 is 24.6 Å². The zero-order valence-corrected chi connectivity index (χ0v) is 12.0. The van der Waals surface area contributed by atoms with Gasteiger partial charge in [-0.1, -0.05) is 0 Å². The molecule has 1 heterocycles. The van der Waals surface area contributed by atoms with E-state index in [9.17, 15) is 14.4 Å². The molecule has 1 aromatic heterocycles. The molecule has 2 rings (SSSR count). The number of carboxylic acids is 2. The Morgan fingerprint density at radius 3 is 2.55 bits per heavy atom. The predicted octanol–water partition coefficient (Wildman–Crippen LogP) is 1.24. The van der Waals surface area contributed by atoms with Crippen molar-refractivity contribution in [2.45, 2.75) is 31.3 Å². The fraction of sp³-hybridized carbons (Fsp3) is 0.417. The molecule has 0 radical (unpaired) electrons. The zero-order chi connectivity index (χ0) is 14.9. The minimum atomic E-state index is -1.44. The van der Waals surface area contributed by atoms with Crippen molar-refractivity contribution in [2.75, 3.05) is 0 Å². The highest BCUT2D eigenvalue weighted by Gasteiger charge is 2.30. The molecule has 108 valence electrons. The van der Waals surface area contributed by atoms with Gasteiger partial charge in [-0.05, 0) is 34.8 Å². The Hall–Kier alpha value is -1.83. The van der Waals surface area contributed by atoms with Gasteiger partial charge >= 0.3 is 11.9 Å². The first kappa shape index (κ1) is 14.6. The molecule has 0 unspecified atom stereocenters. The number of hydrogen-bond acceptors (Lipinski definition) is 3. The number of aromatic nitrogens is 1. The number of carbonyl (C=O) groups is 3. The van der Waals surface area contributed by atoms with Gasteiger partial charge in [0.2, 0.25) is 0 Å². The van der Waals surface area contributed by atoms with Crippen LogP contribution in [0, 0.1) is 0 Å². The minimum absolute atomic E-state index is 0.254. The highest BCUT2D eigenvalue weighted by molar-refractivity contribution is 9.10. The number of amides is 1. The van der Waals surface area contributed by atoms with Crippen LogP contribution >= 0.6 is 15.9 Å². The molecule has 0 aromatic carbocycles. The van der Waals surface area contributed by atoms with Gasteiger partial charge in [-0.3, -0.25) is 9.59 Å². The van der Waals surface area contributed by atoms with Gasteiger partial charge in [-0.15, -0.1) is 0 Å². The zero-order valence-electron chi connectivity index (χ0n) is 10.4. The van der Waals surface area contributed by atoms with E-state index in [1.165, 1.54) is 0 Å². The summed E-state index contributed by atoms with van der Waals surface area (Å²) in [5, 5.41) is 19.8. The summed E-state index contributed by atoms with van der Waals surface area (Å²) in [5.41, 5.74) is 0.330. The van der Waals surface area contributed by atoms with Crippen molar-refractivity contribution in [3.8, 4) is 0 Å². The maximum absolute atomic E-state index is 12.1. The van der Waals surface area contributed by atoms with Gasteiger partial charge < -0.3 is 20.1 Å². The first-order valence-corrected chi connectivity index (χ1v) is 6.80. The van der Waals surface area contributed by atoms with E-state index in [4.69, 9.17) is 10.2 Å². The minimum Gasteiger partial charge on any atom is -0.481 e. The van der Waals surface area contributed by atoms with Crippen LogP contribution in [0.3, 0.4) is 0 Å². The second-order valence-corrected chi connectivity index (χ2v) is 5.56. The molecule has 1 aliphatic carbocycles. The summed E-state index contributed by atoms with van der Waals surface area (Å²) in [6.45, 7) is 0. The van der Waals surface area contributed by atoms with Gasteiger partial charge in [0.1, 0.15) is 11.7 Å². The largest absolute Gasteiger partial charge is 0.481 e.